The van der Waals surface area contributed by atoms with Gasteiger partial charge in [0.2, 0.25) is 0 Å². The molecule has 1 heterocycles. The first-order chi connectivity index (χ1) is 8.72. The average Bonchev–Trinajstić information content (AvgIpc) is 2.39. The number of methoxy groups -OCH3 is 1. The van der Waals surface area contributed by atoms with E-state index in [4.69, 9.17) is 10.00 Å². The molecule has 2 rings (SSSR count). The second-order valence-corrected chi connectivity index (χ2v) is 4.19. The summed E-state index contributed by atoms with van der Waals surface area (Å²) in [6.07, 6.45) is 1.45. The van der Waals surface area contributed by atoms with Crippen molar-refractivity contribution < 1.29 is 4.74 Å². The third-order valence-corrected chi connectivity index (χ3v) is 2.66. The van der Waals surface area contributed by atoms with E-state index in [1.54, 1.807) is 31.4 Å². The van der Waals surface area contributed by atoms with E-state index in [-0.39, 0.29) is 0 Å². The molecule has 0 saturated heterocycles. The van der Waals surface area contributed by atoms with Crippen LogP contribution in [0.2, 0.25) is 0 Å². The molecular weight excluding hydrogens is 296 g/mol. The summed E-state index contributed by atoms with van der Waals surface area (Å²) in [5.41, 5.74) is 1.28. The molecule has 1 aromatic carbocycles. The molecule has 18 heavy (non-hydrogen) atoms. The number of aromatic nitrogens is 2. The normalized spacial score (nSPS) is 9.61. The van der Waals surface area contributed by atoms with Crippen molar-refractivity contribution in [1.82, 2.24) is 9.97 Å². The van der Waals surface area contributed by atoms with Crippen LogP contribution < -0.4 is 10.1 Å². The zero-order valence-electron chi connectivity index (χ0n) is 9.51. The van der Waals surface area contributed by atoms with Gasteiger partial charge in [0.1, 0.15) is 22.5 Å². The van der Waals surface area contributed by atoms with Crippen molar-refractivity contribution in [3.63, 3.8) is 0 Å². The summed E-state index contributed by atoms with van der Waals surface area (Å²) in [5, 5.41) is 11.9. The molecule has 0 amide bonds. The number of anilines is 2. The van der Waals surface area contributed by atoms with E-state index in [1.165, 1.54) is 6.33 Å². The van der Waals surface area contributed by atoms with Gasteiger partial charge < -0.3 is 10.1 Å². The van der Waals surface area contributed by atoms with Gasteiger partial charge in [0, 0.05) is 12.1 Å². The Bertz CT molecular complexity index is 609. The van der Waals surface area contributed by atoms with Crippen molar-refractivity contribution >= 4 is 27.4 Å². The smallest absolute Gasteiger partial charge is 0.143 e. The molecule has 0 atom stereocenters. The second-order valence-electron chi connectivity index (χ2n) is 3.38. The highest BCUT2D eigenvalue weighted by molar-refractivity contribution is 9.10. The van der Waals surface area contributed by atoms with E-state index < -0.39 is 0 Å². The molecule has 0 aliphatic carbocycles. The van der Waals surface area contributed by atoms with Crippen LogP contribution in [-0.4, -0.2) is 17.1 Å². The molecule has 0 spiro atoms. The highest BCUT2D eigenvalue weighted by Gasteiger charge is 2.05. The van der Waals surface area contributed by atoms with Crippen molar-refractivity contribution in [3.8, 4) is 11.8 Å². The van der Waals surface area contributed by atoms with Gasteiger partial charge in [-0.25, -0.2) is 9.97 Å². The molecule has 0 aliphatic rings. The SMILES string of the molecule is COc1cc(C#N)ccc1Nc1cc(Br)ncn1. The Morgan fingerprint density at radius 3 is 2.83 bits per heavy atom. The maximum Gasteiger partial charge on any atom is 0.143 e. The average molecular weight is 305 g/mol. The summed E-state index contributed by atoms with van der Waals surface area (Å²) in [6.45, 7) is 0. The van der Waals surface area contributed by atoms with Gasteiger partial charge in [-0.3, -0.25) is 0 Å². The summed E-state index contributed by atoms with van der Waals surface area (Å²) in [4.78, 5) is 8.02. The minimum Gasteiger partial charge on any atom is -0.495 e. The predicted molar refractivity (Wildman–Crippen MR) is 70.7 cm³/mol. The third-order valence-electron chi connectivity index (χ3n) is 2.23. The van der Waals surface area contributed by atoms with Crippen molar-refractivity contribution in [2.75, 3.05) is 12.4 Å². The second kappa shape index (κ2) is 5.47. The Balaban J connectivity index is 2.32. The number of halogens is 1. The lowest BCUT2D eigenvalue weighted by atomic mass is 10.2. The molecule has 1 N–H and O–H groups in total. The van der Waals surface area contributed by atoms with Crippen LogP contribution in [0.25, 0.3) is 0 Å². The summed E-state index contributed by atoms with van der Waals surface area (Å²) in [6, 6.07) is 8.95. The van der Waals surface area contributed by atoms with Gasteiger partial charge in [0.15, 0.2) is 0 Å². The molecule has 0 bridgehead atoms. The summed E-state index contributed by atoms with van der Waals surface area (Å²) in [5.74, 6) is 1.23. The Morgan fingerprint density at radius 1 is 1.33 bits per heavy atom. The standard InChI is InChI=1S/C12H9BrN4O/c1-18-10-4-8(6-14)2-3-9(10)17-12-5-11(13)15-7-16-12/h2-5,7H,1H3,(H,15,16,17). The predicted octanol–water partition coefficient (Wildman–Crippen LogP) is 2.86. The van der Waals surface area contributed by atoms with Crippen molar-refractivity contribution in [2.45, 2.75) is 0 Å². The minimum absolute atomic E-state index is 0.543. The fourth-order valence-corrected chi connectivity index (χ4v) is 1.71. The Morgan fingerprint density at radius 2 is 2.17 bits per heavy atom. The maximum absolute atomic E-state index is 8.82. The number of hydrogen-bond donors (Lipinski definition) is 1. The molecule has 0 radical (unpaired) electrons. The molecule has 5 nitrogen and oxygen atoms in total. The zero-order chi connectivity index (χ0) is 13.0. The Kier molecular flexibility index (Phi) is 3.75. The van der Waals surface area contributed by atoms with Crippen molar-refractivity contribution in [3.05, 3.63) is 40.8 Å². The molecule has 0 saturated carbocycles. The van der Waals surface area contributed by atoms with Crippen LogP contribution in [0.5, 0.6) is 5.75 Å². The van der Waals surface area contributed by atoms with Gasteiger partial charge in [0.25, 0.3) is 0 Å². The van der Waals surface area contributed by atoms with E-state index in [0.29, 0.717) is 21.7 Å². The van der Waals surface area contributed by atoms with Gasteiger partial charge in [-0.05, 0) is 28.1 Å². The molecule has 0 fully saturated rings. The summed E-state index contributed by atoms with van der Waals surface area (Å²) in [7, 11) is 1.55. The number of ether oxygens (including phenoxy) is 1. The van der Waals surface area contributed by atoms with Gasteiger partial charge in [-0.2, -0.15) is 5.26 Å². The highest BCUT2D eigenvalue weighted by Crippen LogP contribution is 2.28. The lowest BCUT2D eigenvalue weighted by Gasteiger charge is -2.10. The van der Waals surface area contributed by atoms with E-state index in [0.717, 1.165) is 5.69 Å². The molecule has 90 valence electrons. The minimum atomic E-state index is 0.543. The lowest BCUT2D eigenvalue weighted by molar-refractivity contribution is 0.416. The molecule has 2 aromatic rings. The van der Waals surface area contributed by atoms with Crippen LogP contribution in [0.15, 0.2) is 35.2 Å². The van der Waals surface area contributed by atoms with Crippen molar-refractivity contribution in [1.29, 1.82) is 5.26 Å². The lowest BCUT2D eigenvalue weighted by Crippen LogP contribution is -1.97. The van der Waals surface area contributed by atoms with E-state index in [2.05, 4.69) is 37.3 Å². The Hall–Kier alpha value is -2.13. The number of rotatable bonds is 3. The van der Waals surface area contributed by atoms with Crippen LogP contribution >= 0.6 is 15.9 Å². The summed E-state index contributed by atoms with van der Waals surface area (Å²) >= 11 is 3.27. The zero-order valence-corrected chi connectivity index (χ0v) is 11.1. The fraction of sp³-hybridized carbons (Fsp3) is 0.0833. The molecule has 0 unspecified atom stereocenters. The quantitative estimate of drug-likeness (QED) is 0.883. The first kappa shape index (κ1) is 12.3. The summed E-state index contributed by atoms with van der Waals surface area (Å²) < 4.78 is 5.91. The van der Waals surface area contributed by atoms with Gasteiger partial charge in [-0.1, -0.05) is 0 Å². The van der Waals surface area contributed by atoms with E-state index >= 15 is 0 Å². The van der Waals surface area contributed by atoms with Crippen LogP contribution in [0.1, 0.15) is 5.56 Å². The highest BCUT2D eigenvalue weighted by atomic mass is 79.9. The fourth-order valence-electron chi connectivity index (χ4n) is 1.40. The Labute approximate surface area is 113 Å². The first-order valence-electron chi connectivity index (χ1n) is 5.05. The van der Waals surface area contributed by atoms with E-state index in [1.807, 2.05) is 0 Å². The number of nitriles is 1. The maximum atomic E-state index is 8.82. The molecule has 1 aromatic heterocycles. The number of nitrogens with zero attached hydrogens (tertiary/aromatic N) is 3. The largest absolute Gasteiger partial charge is 0.495 e. The first-order valence-corrected chi connectivity index (χ1v) is 5.85. The van der Waals surface area contributed by atoms with Gasteiger partial charge >= 0.3 is 0 Å². The number of nitrogens with one attached hydrogen (secondary N) is 1. The van der Waals surface area contributed by atoms with Crippen LogP contribution in [0, 0.1) is 11.3 Å². The number of hydrogen-bond acceptors (Lipinski definition) is 5. The van der Waals surface area contributed by atoms with Gasteiger partial charge in [0.05, 0.1) is 24.4 Å². The van der Waals surface area contributed by atoms with Crippen LogP contribution in [0.4, 0.5) is 11.5 Å². The van der Waals surface area contributed by atoms with Crippen LogP contribution in [0.3, 0.4) is 0 Å². The topological polar surface area (TPSA) is 70.8 Å². The van der Waals surface area contributed by atoms with Gasteiger partial charge in [-0.15, -0.1) is 0 Å². The molecular formula is C12H9BrN4O. The van der Waals surface area contributed by atoms with Crippen molar-refractivity contribution in [2.24, 2.45) is 0 Å². The molecule has 0 aliphatic heterocycles. The molecule has 6 heteroatoms. The third kappa shape index (κ3) is 2.76. The van der Waals surface area contributed by atoms with E-state index in [9.17, 15) is 0 Å². The monoisotopic (exact) mass is 304 g/mol. The number of benzene rings is 1. The van der Waals surface area contributed by atoms with Crippen LogP contribution in [-0.2, 0) is 0 Å².